The quantitative estimate of drug-likeness (QED) is 0.273. The van der Waals surface area contributed by atoms with Crippen molar-refractivity contribution in [3.8, 4) is 0 Å². The van der Waals surface area contributed by atoms with Crippen LogP contribution in [0.2, 0.25) is 0 Å². The van der Waals surface area contributed by atoms with Gasteiger partial charge in [-0.1, -0.05) is 0 Å². The normalized spacial score (nSPS) is 8.76. The number of carboxylic acid groups (broad SMARTS) is 4. The van der Waals surface area contributed by atoms with Gasteiger partial charge in [0.1, 0.15) is 0 Å². The summed E-state index contributed by atoms with van der Waals surface area (Å²) in [5.41, 5.74) is 0. The van der Waals surface area contributed by atoms with Gasteiger partial charge in [-0.05, 0) is 51.4 Å². The Hall–Kier alpha value is -1.43. The van der Waals surface area contributed by atoms with Gasteiger partial charge in [-0.15, -0.1) is 0 Å². The Morgan fingerprint density at radius 1 is 0.476 bits per heavy atom. The molecule has 0 aromatic rings. The third-order valence-electron chi connectivity index (χ3n) is 2.02. The predicted molar refractivity (Wildman–Crippen MR) is 57.0 cm³/mol. The zero-order valence-electron chi connectivity index (χ0n) is 11.3. The van der Waals surface area contributed by atoms with Crippen molar-refractivity contribution in [1.29, 1.82) is 0 Å². The van der Waals surface area contributed by atoms with E-state index in [2.05, 4.69) is 0 Å². The van der Waals surface area contributed by atoms with Gasteiger partial charge in [0.25, 0.3) is 0 Å². The number of carbonyl (C=O) groups is 4. The van der Waals surface area contributed by atoms with Crippen molar-refractivity contribution in [3.63, 3.8) is 0 Å². The minimum absolute atomic E-state index is 0. The average Bonchev–Trinajstić information content (AvgIpc) is 2.30. The fourth-order valence-corrected chi connectivity index (χ4v) is 1.08. The van der Waals surface area contributed by atoms with E-state index in [1.54, 1.807) is 0 Å². The van der Waals surface area contributed by atoms with Crippen LogP contribution >= 0.6 is 0 Å². The van der Waals surface area contributed by atoms with Crippen molar-refractivity contribution < 1.29 is 60.7 Å². The van der Waals surface area contributed by atoms with Crippen LogP contribution in [0.5, 0.6) is 0 Å². The van der Waals surface area contributed by atoms with Crippen molar-refractivity contribution >= 4 is 23.9 Å². The van der Waals surface area contributed by atoms with Gasteiger partial charge < -0.3 is 39.6 Å². The third kappa shape index (κ3) is 32.3. The molecule has 0 N–H and O–H groups in total. The fraction of sp³-hybridized carbons (Fsp3) is 0.667. The summed E-state index contributed by atoms with van der Waals surface area (Å²) in [6, 6.07) is 0. The Labute approximate surface area is 136 Å². The molecule has 0 bridgehead atoms. The zero-order valence-corrected chi connectivity index (χ0v) is 13.3. The summed E-state index contributed by atoms with van der Waals surface area (Å²) in [7, 11) is 0. The molecule has 0 heterocycles. The molecule has 0 saturated heterocycles. The molecule has 0 aromatic heterocycles. The second kappa shape index (κ2) is 16.6. The largest absolute Gasteiger partial charge is 4.00 e. The second-order valence-electron chi connectivity index (χ2n) is 3.90. The zero-order chi connectivity index (χ0) is 16.0. The van der Waals surface area contributed by atoms with Gasteiger partial charge in [-0.3, -0.25) is 0 Å². The summed E-state index contributed by atoms with van der Waals surface area (Å²) in [5, 5.41) is 39.1. The maximum atomic E-state index is 9.77. The number of carbonyl (C=O) groups excluding carboxylic acids is 4. The molecule has 0 aliphatic heterocycles. The number of hydrogen-bond acceptors (Lipinski definition) is 8. The van der Waals surface area contributed by atoms with Crippen molar-refractivity contribution in [3.05, 3.63) is 0 Å². The smallest absolute Gasteiger partial charge is 0.550 e. The standard InChI is InChI=1S/2C6H10O4.Mo/c2*7-5(8)3-1-2-4-6(9)10;/h2*1-4H2,(H,7,8)(H,9,10);/q;;+4/p-4. The van der Waals surface area contributed by atoms with Gasteiger partial charge in [0.05, 0.1) is 0 Å². The molecule has 118 valence electrons. The Kier molecular flexibility index (Phi) is 19.5. The molecule has 0 saturated carbocycles. The number of aliphatic carboxylic acids is 4. The van der Waals surface area contributed by atoms with Crippen molar-refractivity contribution in [2.45, 2.75) is 51.4 Å². The molecule has 0 unspecified atom stereocenters. The van der Waals surface area contributed by atoms with E-state index < -0.39 is 23.9 Å². The van der Waals surface area contributed by atoms with E-state index in [-0.39, 0.29) is 46.7 Å². The van der Waals surface area contributed by atoms with Crippen LogP contribution in [0, 0.1) is 0 Å². The number of rotatable bonds is 10. The Morgan fingerprint density at radius 3 is 0.714 bits per heavy atom. The van der Waals surface area contributed by atoms with Crippen LogP contribution in [0.1, 0.15) is 51.4 Å². The molecule has 9 heteroatoms. The Bertz CT molecular complexity index is 265. The van der Waals surface area contributed by atoms with E-state index in [1.165, 1.54) is 0 Å². The molecule has 0 fully saturated rings. The average molecular weight is 384 g/mol. The topological polar surface area (TPSA) is 161 Å². The Balaban J connectivity index is -0.000000295. The van der Waals surface area contributed by atoms with E-state index in [4.69, 9.17) is 0 Å². The van der Waals surface area contributed by atoms with E-state index in [1.807, 2.05) is 0 Å². The summed E-state index contributed by atoms with van der Waals surface area (Å²) in [4.78, 5) is 39.1. The molecule has 0 aliphatic rings. The van der Waals surface area contributed by atoms with Gasteiger partial charge in [0.15, 0.2) is 0 Å². The van der Waals surface area contributed by atoms with Crippen LogP contribution in [0.3, 0.4) is 0 Å². The van der Waals surface area contributed by atoms with Crippen LogP contribution in [0.4, 0.5) is 0 Å². The predicted octanol–water partition coefficient (Wildman–Crippen LogP) is -3.91. The van der Waals surface area contributed by atoms with Crippen LogP contribution in [0.15, 0.2) is 0 Å². The van der Waals surface area contributed by atoms with Gasteiger partial charge >= 0.3 is 21.1 Å². The molecule has 0 atom stereocenters. The van der Waals surface area contributed by atoms with Crippen molar-refractivity contribution in [1.82, 2.24) is 0 Å². The number of unbranched alkanes of at least 4 members (excludes halogenated alkanes) is 2. The first-order valence-electron chi connectivity index (χ1n) is 6.05. The molecule has 0 aliphatic carbocycles. The minimum Gasteiger partial charge on any atom is -0.550 e. The van der Waals surface area contributed by atoms with Gasteiger partial charge in [-0.25, -0.2) is 0 Å². The molecule has 0 radical (unpaired) electrons. The van der Waals surface area contributed by atoms with Gasteiger partial charge in [0, 0.05) is 23.9 Å². The molecular formula is C12H16MoO8. The first-order valence-corrected chi connectivity index (χ1v) is 6.05. The third-order valence-corrected chi connectivity index (χ3v) is 2.02. The maximum Gasteiger partial charge on any atom is 4.00 e. The summed E-state index contributed by atoms with van der Waals surface area (Å²) in [5.74, 6) is -4.56. The summed E-state index contributed by atoms with van der Waals surface area (Å²) < 4.78 is 0. The second-order valence-corrected chi connectivity index (χ2v) is 3.90. The molecule has 8 nitrogen and oxygen atoms in total. The SMILES string of the molecule is O=C([O-])CCCCC(=O)[O-].O=C([O-])CCCCC(=O)[O-].[Mo+4]. The Morgan fingerprint density at radius 2 is 0.619 bits per heavy atom. The summed E-state index contributed by atoms with van der Waals surface area (Å²) in [6.07, 6.45) is 1.07. The van der Waals surface area contributed by atoms with Crippen LogP contribution < -0.4 is 20.4 Å². The van der Waals surface area contributed by atoms with Crippen LogP contribution in [-0.4, -0.2) is 23.9 Å². The van der Waals surface area contributed by atoms with Gasteiger partial charge in [-0.2, -0.15) is 0 Å². The molecule has 0 aromatic carbocycles. The number of carboxylic acids is 4. The first kappa shape index (κ1) is 24.6. The molecule has 0 rings (SSSR count). The number of hydrogen-bond donors (Lipinski definition) is 0. The molecule has 0 spiro atoms. The fourth-order valence-electron chi connectivity index (χ4n) is 1.08. The molecular weight excluding hydrogens is 368 g/mol. The maximum absolute atomic E-state index is 9.77. The van der Waals surface area contributed by atoms with E-state index in [0.717, 1.165) is 0 Å². The van der Waals surface area contributed by atoms with Crippen LogP contribution in [-0.2, 0) is 40.2 Å². The minimum atomic E-state index is -1.14. The summed E-state index contributed by atoms with van der Waals surface area (Å²) in [6.45, 7) is 0. The van der Waals surface area contributed by atoms with Crippen LogP contribution in [0.25, 0.3) is 0 Å². The van der Waals surface area contributed by atoms with Crippen molar-refractivity contribution in [2.75, 3.05) is 0 Å². The van der Waals surface area contributed by atoms with Gasteiger partial charge in [0.2, 0.25) is 0 Å². The first-order chi connectivity index (χ1) is 9.25. The summed E-state index contributed by atoms with van der Waals surface area (Å²) >= 11 is 0. The molecule has 0 amide bonds. The monoisotopic (exact) mass is 386 g/mol. The molecule has 21 heavy (non-hydrogen) atoms. The van der Waals surface area contributed by atoms with E-state index in [9.17, 15) is 39.6 Å². The van der Waals surface area contributed by atoms with E-state index >= 15 is 0 Å². The van der Waals surface area contributed by atoms with E-state index in [0.29, 0.717) is 25.7 Å². The van der Waals surface area contributed by atoms with Crippen molar-refractivity contribution in [2.24, 2.45) is 0 Å².